The molecule has 0 aromatic carbocycles. The van der Waals surface area contributed by atoms with Crippen LogP contribution < -0.4 is 16.2 Å². The van der Waals surface area contributed by atoms with Crippen molar-refractivity contribution in [3.63, 3.8) is 0 Å². The van der Waals surface area contributed by atoms with Crippen LogP contribution >= 0.6 is 0 Å². The summed E-state index contributed by atoms with van der Waals surface area (Å²) >= 11 is 0. The lowest BCUT2D eigenvalue weighted by Gasteiger charge is -2.26. The van der Waals surface area contributed by atoms with E-state index in [0.717, 1.165) is 29.6 Å². The Bertz CT molecular complexity index is 430. The number of nitrogens with zero attached hydrogens (tertiary/aromatic N) is 3. The predicted molar refractivity (Wildman–Crippen MR) is 74.7 cm³/mol. The topological polar surface area (TPSA) is 67.1 Å². The Balaban J connectivity index is 2.47. The van der Waals surface area contributed by atoms with Crippen molar-refractivity contribution in [1.82, 2.24) is 9.97 Å². The molecule has 3 N–H and O–H groups in total. The van der Waals surface area contributed by atoms with E-state index in [9.17, 15) is 0 Å². The normalized spacial score (nSPS) is 19.7. The lowest BCUT2D eigenvalue weighted by molar-refractivity contribution is 0.708. The molecule has 0 aliphatic carbocycles. The molecular weight excluding hydrogens is 226 g/mol. The fourth-order valence-electron chi connectivity index (χ4n) is 2.45. The third-order valence-electron chi connectivity index (χ3n) is 3.62. The SMILES string of the molecule is Cc1c(NN)nc(C(C)C)nc1N1CCCC1C. The summed E-state index contributed by atoms with van der Waals surface area (Å²) in [5.74, 6) is 8.49. The second kappa shape index (κ2) is 5.10. The molecule has 100 valence electrons. The van der Waals surface area contributed by atoms with Crippen LogP contribution in [0.4, 0.5) is 11.6 Å². The third kappa shape index (κ3) is 2.27. The van der Waals surface area contributed by atoms with Crippen LogP contribution in [0.2, 0.25) is 0 Å². The molecule has 1 aromatic rings. The number of hydrogen-bond acceptors (Lipinski definition) is 5. The lowest BCUT2D eigenvalue weighted by atomic mass is 10.2. The van der Waals surface area contributed by atoms with Gasteiger partial charge in [-0.1, -0.05) is 13.8 Å². The predicted octanol–water partition coefficient (Wildman–Crippen LogP) is 2.18. The van der Waals surface area contributed by atoms with E-state index in [1.54, 1.807) is 0 Å². The maximum atomic E-state index is 5.56. The Morgan fingerprint density at radius 1 is 1.39 bits per heavy atom. The molecule has 1 saturated heterocycles. The number of anilines is 2. The highest BCUT2D eigenvalue weighted by molar-refractivity contribution is 5.59. The largest absolute Gasteiger partial charge is 0.354 e. The molecule has 0 saturated carbocycles. The summed E-state index contributed by atoms with van der Waals surface area (Å²) in [5.41, 5.74) is 3.73. The second-order valence-corrected chi connectivity index (χ2v) is 5.36. The number of rotatable bonds is 3. The summed E-state index contributed by atoms with van der Waals surface area (Å²) in [6.45, 7) is 9.55. The molecule has 0 spiro atoms. The first kappa shape index (κ1) is 13.1. The molecule has 1 aliphatic heterocycles. The van der Waals surface area contributed by atoms with Gasteiger partial charge in [0.2, 0.25) is 0 Å². The van der Waals surface area contributed by atoms with Crippen LogP contribution in [0.25, 0.3) is 0 Å². The molecule has 1 unspecified atom stereocenters. The van der Waals surface area contributed by atoms with E-state index in [4.69, 9.17) is 10.8 Å². The zero-order valence-electron chi connectivity index (χ0n) is 11.7. The Labute approximate surface area is 109 Å². The Morgan fingerprint density at radius 3 is 2.61 bits per heavy atom. The average molecular weight is 249 g/mol. The summed E-state index contributed by atoms with van der Waals surface area (Å²) in [5, 5.41) is 0. The van der Waals surface area contributed by atoms with Gasteiger partial charge in [0.05, 0.1) is 0 Å². The summed E-state index contributed by atoms with van der Waals surface area (Å²) in [6.07, 6.45) is 2.46. The standard InChI is InChI=1S/C13H23N5/c1-8(2)11-15-12(17-14)10(4)13(16-11)18-7-5-6-9(18)3/h8-9H,5-7,14H2,1-4H3,(H,15,16,17). The maximum Gasteiger partial charge on any atom is 0.148 e. The van der Waals surface area contributed by atoms with Gasteiger partial charge in [0.15, 0.2) is 0 Å². The van der Waals surface area contributed by atoms with Crippen molar-refractivity contribution in [2.24, 2.45) is 5.84 Å². The molecule has 5 nitrogen and oxygen atoms in total. The van der Waals surface area contributed by atoms with Crippen molar-refractivity contribution in [3.05, 3.63) is 11.4 Å². The molecule has 0 amide bonds. The number of hydrogen-bond donors (Lipinski definition) is 2. The highest BCUT2D eigenvalue weighted by atomic mass is 15.3. The number of hydrazine groups is 1. The van der Waals surface area contributed by atoms with Gasteiger partial charge in [-0.25, -0.2) is 15.8 Å². The van der Waals surface area contributed by atoms with Gasteiger partial charge >= 0.3 is 0 Å². The molecule has 0 bridgehead atoms. The van der Waals surface area contributed by atoms with Crippen LogP contribution in [0.1, 0.15) is 50.9 Å². The summed E-state index contributed by atoms with van der Waals surface area (Å²) in [6, 6.07) is 0.546. The first-order valence-corrected chi connectivity index (χ1v) is 6.66. The first-order chi connectivity index (χ1) is 8.54. The van der Waals surface area contributed by atoms with Crippen LogP contribution in [-0.2, 0) is 0 Å². The monoisotopic (exact) mass is 249 g/mol. The first-order valence-electron chi connectivity index (χ1n) is 6.66. The smallest absolute Gasteiger partial charge is 0.148 e. The van der Waals surface area contributed by atoms with Crippen molar-refractivity contribution >= 4 is 11.6 Å². The van der Waals surface area contributed by atoms with E-state index >= 15 is 0 Å². The minimum atomic E-state index is 0.300. The van der Waals surface area contributed by atoms with Crippen LogP contribution in [-0.4, -0.2) is 22.6 Å². The highest BCUT2D eigenvalue weighted by Gasteiger charge is 2.25. The van der Waals surface area contributed by atoms with Crippen LogP contribution in [0.3, 0.4) is 0 Å². The number of nitrogen functional groups attached to an aromatic ring is 1. The molecule has 1 atom stereocenters. The van der Waals surface area contributed by atoms with Crippen molar-refractivity contribution in [3.8, 4) is 0 Å². The Kier molecular flexibility index (Phi) is 3.71. The van der Waals surface area contributed by atoms with E-state index in [1.807, 2.05) is 6.92 Å². The van der Waals surface area contributed by atoms with Gasteiger partial charge in [-0.15, -0.1) is 0 Å². The van der Waals surface area contributed by atoms with Gasteiger partial charge in [0.25, 0.3) is 0 Å². The van der Waals surface area contributed by atoms with E-state index in [0.29, 0.717) is 12.0 Å². The van der Waals surface area contributed by atoms with Gasteiger partial charge in [0, 0.05) is 24.1 Å². The van der Waals surface area contributed by atoms with Crippen molar-refractivity contribution < 1.29 is 0 Å². The van der Waals surface area contributed by atoms with Gasteiger partial charge < -0.3 is 10.3 Å². The molecule has 2 rings (SSSR count). The van der Waals surface area contributed by atoms with Gasteiger partial charge in [-0.05, 0) is 26.7 Å². The summed E-state index contributed by atoms with van der Waals surface area (Å²) in [7, 11) is 0. The number of nitrogens with two attached hydrogens (primary N) is 1. The number of aromatic nitrogens is 2. The van der Waals surface area contributed by atoms with E-state index in [-0.39, 0.29) is 0 Å². The van der Waals surface area contributed by atoms with E-state index in [1.165, 1.54) is 12.8 Å². The van der Waals surface area contributed by atoms with Crippen LogP contribution in [0, 0.1) is 6.92 Å². The molecule has 2 heterocycles. The molecule has 1 fully saturated rings. The second-order valence-electron chi connectivity index (χ2n) is 5.36. The third-order valence-corrected chi connectivity index (χ3v) is 3.62. The zero-order valence-corrected chi connectivity index (χ0v) is 11.7. The quantitative estimate of drug-likeness (QED) is 0.635. The van der Waals surface area contributed by atoms with E-state index in [2.05, 4.69) is 36.1 Å². The Hall–Kier alpha value is -1.36. The minimum Gasteiger partial charge on any atom is -0.354 e. The molecule has 0 radical (unpaired) electrons. The van der Waals surface area contributed by atoms with Gasteiger partial charge in [-0.3, -0.25) is 0 Å². The zero-order chi connectivity index (χ0) is 13.3. The molecule has 5 heteroatoms. The van der Waals surface area contributed by atoms with Gasteiger partial charge in [-0.2, -0.15) is 0 Å². The highest BCUT2D eigenvalue weighted by Crippen LogP contribution is 2.30. The van der Waals surface area contributed by atoms with Crippen molar-refractivity contribution in [1.29, 1.82) is 0 Å². The molecular formula is C13H23N5. The average Bonchev–Trinajstić information content (AvgIpc) is 2.75. The number of nitrogens with one attached hydrogen (secondary N) is 1. The minimum absolute atomic E-state index is 0.300. The summed E-state index contributed by atoms with van der Waals surface area (Å²) < 4.78 is 0. The lowest BCUT2D eigenvalue weighted by Crippen LogP contribution is -2.29. The van der Waals surface area contributed by atoms with E-state index < -0.39 is 0 Å². The molecule has 1 aliphatic rings. The van der Waals surface area contributed by atoms with Crippen molar-refractivity contribution in [2.75, 3.05) is 16.9 Å². The van der Waals surface area contributed by atoms with Gasteiger partial charge in [0.1, 0.15) is 17.5 Å². The molecule has 18 heavy (non-hydrogen) atoms. The maximum absolute atomic E-state index is 5.56. The van der Waals surface area contributed by atoms with Crippen LogP contribution in [0.15, 0.2) is 0 Å². The van der Waals surface area contributed by atoms with Crippen molar-refractivity contribution in [2.45, 2.75) is 52.5 Å². The fourth-order valence-corrected chi connectivity index (χ4v) is 2.45. The Morgan fingerprint density at radius 2 is 2.11 bits per heavy atom. The molecule has 1 aromatic heterocycles. The van der Waals surface area contributed by atoms with Crippen LogP contribution in [0.5, 0.6) is 0 Å². The summed E-state index contributed by atoms with van der Waals surface area (Å²) in [4.78, 5) is 11.6. The fraction of sp³-hybridized carbons (Fsp3) is 0.692.